The first-order valence-electron chi connectivity index (χ1n) is 6.92. The quantitative estimate of drug-likeness (QED) is 0.866. The summed E-state index contributed by atoms with van der Waals surface area (Å²) < 4.78 is 5.50. The number of aryl methyl sites for hydroxylation is 1. The van der Waals surface area contributed by atoms with Crippen LogP contribution in [0.4, 0.5) is 5.69 Å². The number of nitrogens with one attached hydrogen (secondary N) is 1. The smallest absolute Gasteiger partial charge is 0.142 e. The maximum atomic E-state index is 9.26. The maximum Gasteiger partial charge on any atom is 0.142 e. The molecule has 2 atom stereocenters. The monoisotopic (exact) mass is 264 g/mol. The molecule has 0 spiro atoms. The standard InChI is InChI=1S/C15H24N2O2/c1-11-4-5-15(19-3)14(8-11)17-12(2)9-16-10-13(17)6-7-18/h4-5,8,12-13,16,18H,6-7,9-10H2,1-3H3. The highest BCUT2D eigenvalue weighted by atomic mass is 16.5. The summed E-state index contributed by atoms with van der Waals surface area (Å²) in [6, 6.07) is 6.96. The maximum absolute atomic E-state index is 9.26. The summed E-state index contributed by atoms with van der Waals surface area (Å²) in [7, 11) is 1.71. The topological polar surface area (TPSA) is 44.7 Å². The van der Waals surface area contributed by atoms with Crippen molar-refractivity contribution in [2.24, 2.45) is 0 Å². The molecule has 1 aliphatic heterocycles. The van der Waals surface area contributed by atoms with Gasteiger partial charge in [0.25, 0.3) is 0 Å². The molecule has 2 N–H and O–H groups in total. The fourth-order valence-corrected chi connectivity index (χ4v) is 2.84. The molecule has 4 nitrogen and oxygen atoms in total. The molecule has 1 aromatic carbocycles. The zero-order chi connectivity index (χ0) is 13.8. The largest absolute Gasteiger partial charge is 0.495 e. The van der Waals surface area contributed by atoms with Crippen LogP contribution in [0.1, 0.15) is 18.9 Å². The van der Waals surface area contributed by atoms with Gasteiger partial charge in [-0.3, -0.25) is 0 Å². The van der Waals surface area contributed by atoms with Crippen LogP contribution in [0, 0.1) is 6.92 Å². The molecule has 0 aliphatic carbocycles. The number of ether oxygens (including phenoxy) is 1. The lowest BCUT2D eigenvalue weighted by Gasteiger charge is -2.43. The summed E-state index contributed by atoms with van der Waals surface area (Å²) in [6.07, 6.45) is 0.772. The summed E-state index contributed by atoms with van der Waals surface area (Å²) in [5.74, 6) is 0.905. The minimum atomic E-state index is 0.212. The van der Waals surface area contributed by atoms with Crippen LogP contribution in [0.3, 0.4) is 0 Å². The molecule has 1 fully saturated rings. The molecular formula is C15H24N2O2. The molecule has 4 heteroatoms. The molecule has 2 unspecified atom stereocenters. The zero-order valence-corrected chi connectivity index (χ0v) is 12.0. The first-order valence-corrected chi connectivity index (χ1v) is 6.92. The van der Waals surface area contributed by atoms with Crippen LogP contribution in [0.5, 0.6) is 5.75 Å². The summed E-state index contributed by atoms with van der Waals surface area (Å²) in [5, 5.41) is 12.7. The predicted octanol–water partition coefficient (Wildman–Crippen LogP) is 1.55. The normalized spacial score (nSPS) is 23.5. The molecule has 0 amide bonds. The van der Waals surface area contributed by atoms with Crippen LogP contribution >= 0.6 is 0 Å². The molecular weight excluding hydrogens is 240 g/mol. The van der Waals surface area contributed by atoms with E-state index in [0.717, 1.165) is 30.9 Å². The number of rotatable bonds is 4. The second-order valence-corrected chi connectivity index (χ2v) is 5.26. The number of nitrogens with zero attached hydrogens (tertiary/aromatic N) is 1. The van der Waals surface area contributed by atoms with Crippen molar-refractivity contribution in [1.82, 2.24) is 5.32 Å². The van der Waals surface area contributed by atoms with E-state index in [2.05, 4.69) is 36.2 Å². The van der Waals surface area contributed by atoms with Crippen LogP contribution in [0.2, 0.25) is 0 Å². The van der Waals surface area contributed by atoms with Gasteiger partial charge in [-0.25, -0.2) is 0 Å². The van der Waals surface area contributed by atoms with Gasteiger partial charge in [-0.05, 0) is 38.0 Å². The van der Waals surface area contributed by atoms with E-state index >= 15 is 0 Å². The number of aliphatic hydroxyl groups excluding tert-OH is 1. The van der Waals surface area contributed by atoms with Gasteiger partial charge in [-0.1, -0.05) is 6.07 Å². The van der Waals surface area contributed by atoms with Gasteiger partial charge < -0.3 is 20.1 Å². The molecule has 2 rings (SSSR count). The number of hydrogen-bond acceptors (Lipinski definition) is 4. The van der Waals surface area contributed by atoms with Crippen molar-refractivity contribution in [2.45, 2.75) is 32.4 Å². The van der Waals surface area contributed by atoms with Gasteiger partial charge in [0.2, 0.25) is 0 Å². The van der Waals surface area contributed by atoms with Crippen LogP contribution in [-0.2, 0) is 0 Å². The van der Waals surface area contributed by atoms with E-state index in [1.165, 1.54) is 5.56 Å². The third-order valence-electron chi connectivity index (χ3n) is 3.76. The zero-order valence-electron chi connectivity index (χ0n) is 12.0. The summed E-state index contributed by atoms with van der Waals surface area (Å²) in [6.45, 7) is 6.37. The molecule has 1 aliphatic rings. The van der Waals surface area contributed by atoms with E-state index in [1.807, 2.05) is 6.07 Å². The van der Waals surface area contributed by atoms with E-state index in [0.29, 0.717) is 12.1 Å². The number of benzene rings is 1. The average molecular weight is 264 g/mol. The minimum Gasteiger partial charge on any atom is -0.495 e. The first kappa shape index (κ1) is 14.2. The van der Waals surface area contributed by atoms with Crippen LogP contribution in [-0.4, -0.2) is 44.0 Å². The summed E-state index contributed by atoms with van der Waals surface area (Å²) in [5.41, 5.74) is 2.36. The number of methoxy groups -OCH3 is 1. The number of hydrogen-bond donors (Lipinski definition) is 2. The molecule has 0 radical (unpaired) electrons. The highest BCUT2D eigenvalue weighted by Crippen LogP contribution is 2.33. The van der Waals surface area contributed by atoms with Crippen molar-refractivity contribution in [3.8, 4) is 5.75 Å². The van der Waals surface area contributed by atoms with Gasteiger partial charge in [0.1, 0.15) is 5.75 Å². The summed E-state index contributed by atoms with van der Waals surface area (Å²) >= 11 is 0. The van der Waals surface area contributed by atoms with Crippen molar-refractivity contribution >= 4 is 5.69 Å². The minimum absolute atomic E-state index is 0.212. The van der Waals surface area contributed by atoms with Crippen molar-refractivity contribution < 1.29 is 9.84 Å². The molecule has 0 bridgehead atoms. The van der Waals surface area contributed by atoms with E-state index < -0.39 is 0 Å². The number of piperazine rings is 1. The van der Waals surface area contributed by atoms with Crippen LogP contribution in [0.25, 0.3) is 0 Å². The fraction of sp³-hybridized carbons (Fsp3) is 0.600. The Kier molecular flexibility index (Phi) is 4.66. The fourth-order valence-electron chi connectivity index (χ4n) is 2.84. The van der Waals surface area contributed by atoms with Crippen molar-refractivity contribution in [2.75, 3.05) is 31.7 Å². The highest BCUT2D eigenvalue weighted by molar-refractivity contribution is 5.61. The lowest BCUT2D eigenvalue weighted by Crippen LogP contribution is -2.56. The van der Waals surface area contributed by atoms with E-state index in [-0.39, 0.29) is 6.61 Å². The Morgan fingerprint density at radius 1 is 1.42 bits per heavy atom. The van der Waals surface area contributed by atoms with E-state index in [4.69, 9.17) is 4.74 Å². The average Bonchev–Trinajstić information content (AvgIpc) is 2.39. The second kappa shape index (κ2) is 6.26. The molecule has 0 aromatic heterocycles. The number of anilines is 1. The molecule has 0 saturated carbocycles. The van der Waals surface area contributed by atoms with Gasteiger partial charge in [0, 0.05) is 31.8 Å². The van der Waals surface area contributed by atoms with Crippen molar-refractivity contribution in [3.63, 3.8) is 0 Å². The third-order valence-corrected chi connectivity index (χ3v) is 3.76. The molecule has 1 heterocycles. The predicted molar refractivity (Wildman–Crippen MR) is 78.0 cm³/mol. The lowest BCUT2D eigenvalue weighted by atomic mass is 10.0. The highest BCUT2D eigenvalue weighted by Gasteiger charge is 2.29. The summed E-state index contributed by atoms with van der Waals surface area (Å²) in [4.78, 5) is 2.39. The van der Waals surface area contributed by atoms with Crippen LogP contribution < -0.4 is 15.0 Å². The van der Waals surface area contributed by atoms with Crippen molar-refractivity contribution in [3.05, 3.63) is 23.8 Å². The molecule has 19 heavy (non-hydrogen) atoms. The Morgan fingerprint density at radius 2 is 2.21 bits per heavy atom. The van der Waals surface area contributed by atoms with E-state index in [1.54, 1.807) is 7.11 Å². The van der Waals surface area contributed by atoms with Gasteiger partial charge in [0.15, 0.2) is 0 Å². The first-order chi connectivity index (χ1) is 9.17. The second-order valence-electron chi connectivity index (χ2n) is 5.26. The Morgan fingerprint density at radius 3 is 2.89 bits per heavy atom. The SMILES string of the molecule is COc1ccc(C)cc1N1C(C)CNCC1CCO. The van der Waals surface area contributed by atoms with Crippen LogP contribution in [0.15, 0.2) is 18.2 Å². The molecule has 1 saturated heterocycles. The Bertz CT molecular complexity index is 421. The lowest BCUT2D eigenvalue weighted by molar-refractivity contribution is 0.258. The number of aliphatic hydroxyl groups is 1. The Hall–Kier alpha value is -1.26. The van der Waals surface area contributed by atoms with Gasteiger partial charge in [-0.15, -0.1) is 0 Å². The van der Waals surface area contributed by atoms with E-state index in [9.17, 15) is 5.11 Å². The van der Waals surface area contributed by atoms with Gasteiger partial charge >= 0.3 is 0 Å². The van der Waals surface area contributed by atoms with Crippen molar-refractivity contribution in [1.29, 1.82) is 0 Å². The van der Waals surface area contributed by atoms with Gasteiger partial charge in [0.05, 0.1) is 12.8 Å². The molecule has 1 aromatic rings. The third kappa shape index (κ3) is 3.01. The Labute approximate surface area is 115 Å². The van der Waals surface area contributed by atoms with Gasteiger partial charge in [-0.2, -0.15) is 0 Å². The molecule has 106 valence electrons. The Balaban J connectivity index is 2.37.